The molecule has 1 aliphatic rings. The molecule has 0 aromatic carbocycles. The van der Waals surface area contributed by atoms with Crippen molar-refractivity contribution in [1.82, 2.24) is 9.88 Å². The Morgan fingerprint density at radius 2 is 2.36 bits per heavy atom. The minimum atomic E-state index is -0.262. The molecule has 22 heavy (non-hydrogen) atoms. The van der Waals surface area contributed by atoms with Gasteiger partial charge in [-0.1, -0.05) is 0 Å². The maximum Gasteiger partial charge on any atom is 0.274 e. The van der Waals surface area contributed by atoms with Crippen molar-refractivity contribution in [3.8, 4) is 0 Å². The van der Waals surface area contributed by atoms with E-state index < -0.39 is 0 Å². The Morgan fingerprint density at radius 3 is 3.09 bits per heavy atom. The van der Waals surface area contributed by atoms with Crippen molar-refractivity contribution in [2.75, 3.05) is 25.1 Å². The maximum absolute atomic E-state index is 12.7. The van der Waals surface area contributed by atoms with Gasteiger partial charge in [-0.25, -0.2) is 4.98 Å². The highest BCUT2D eigenvalue weighted by Crippen LogP contribution is 2.27. The zero-order chi connectivity index (χ0) is 15.5. The van der Waals surface area contributed by atoms with Crippen LogP contribution >= 0.6 is 11.3 Å². The van der Waals surface area contributed by atoms with Gasteiger partial charge in [0.2, 0.25) is 5.91 Å². The van der Waals surface area contributed by atoms with Crippen LogP contribution in [-0.4, -0.2) is 41.5 Å². The number of hydrogen-bond acceptors (Lipinski definition) is 6. The van der Waals surface area contributed by atoms with Gasteiger partial charge in [0.25, 0.3) is 5.91 Å². The summed E-state index contributed by atoms with van der Waals surface area (Å²) in [5, 5.41) is 4.63. The van der Waals surface area contributed by atoms with Crippen molar-refractivity contribution in [2.45, 2.75) is 13.0 Å². The van der Waals surface area contributed by atoms with E-state index in [9.17, 15) is 9.59 Å². The van der Waals surface area contributed by atoms with E-state index in [1.807, 2.05) is 6.07 Å². The van der Waals surface area contributed by atoms with Crippen molar-refractivity contribution in [1.29, 1.82) is 0 Å². The van der Waals surface area contributed by atoms with Crippen molar-refractivity contribution in [3.05, 3.63) is 35.2 Å². The van der Waals surface area contributed by atoms with E-state index in [1.54, 1.807) is 22.6 Å². The molecule has 2 aromatic heterocycles. The number of anilines is 1. The van der Waals surface area contributed by atoms with Crippen LogP contribution in [0.3, 0.4) is 0 Å². The number of hydrogen-bond donors (Lipinski definition) is 1. The summed E-state index contributed by atoms with van der Waals surface area (Å²) >= 11 is 1.22. The van der Waals surface area contributed by atoms with Gasteiger partial charge in [0, 0.05) is 18.8 Å². The minimum absolute atomic E-state index is 0.197. The molecule has 0 aliphatic carbocycles. The van der Waals surface area contributed by atoms with E-state index in [-0.39, 0.29) is 17.9 Å². The number of furan rings is 1. The molecule has 8 heteroatoms. The molecular weight excluding hydrogens is 306 g/mol. The third-order valence-corrected chi connectivity index (χ3v) is 4.02. The predicted molar refractivity (Wildman–Crippen MR) is 79.7 cm³/mol. The molecule has 1 saturated heterocycles. The smallest absolute Gasteiger partial charge is 0.274 e. The molecule has 2 aromatic rings. The second-order valence-electron chi connectivity index (χ2n) is 4.82. The molecule has 0 spiro atoms. The van der Waals surface area contributed by atoms with Gasteiger partial charge < -0.3 is 19.4 Å². The SMILES string of the molecule is CC(=O)Nc1nc(C(=O)N2CCOCC2c2ccco2)cs1. The van der Waals surface area contributed by atoms with Gasteiger partial charge in [0.1, 0.15) is 17.5 Å². The molecular formula is C14H15N3O4S. The van der Waals surface area contributed by atoms with Gasteiger partial charge in [-0.05, 0) is 12.1 Å². The molecule has 1 unspecified atom stereocenters. The van der Waals surface area contributed by atoms with Crippen LogP contribution in [0.5, 0.6) is 0 Å². The van der Waals surface area contributed by atoms with Crippen molar-refractivity contribution >= 4 is 28.3 Å². The zero-order valence-corrected chi connectivity index (χ0v) is 12.8. The second kappa shape index (κ2) is 6.29. The molecule has 0 bridgehead atoms. The normalized spacial score (nSPS) is 18.2. The van der Waals surface area contributed by atoms with Crippen LogP contribution in [0.25, 0.3) is 0 Å². The first kappa shape index (κ1) is 14.7. The molecule has 1 N–H and O–H groups in total. The fraction of sp³-hybridized carbons (Fsp3) is 0.357. The van der Waals surface area contributed by atoms with Gasteiger partial charge in [0.15, 0.2) is 5.13 Å². The van der Waals surface area contributed by atoms with Crippen LogP contribution in [0.1, 0.15) is 29.2 Å². The van der Waals surface area contributed by atoms with Gasteiger partial charge in [-0.2, -0.15) is 0 Å². The summed E-state index contributed by atoms with van der Waals surface area (Å²) in [6.45, 7) is 2.74. The first-order valence-corrected chi connectivity index (χ1v) is 7.68. The topological polar surface area (TPSA) is 84.7 Å². The number of thiazole rings is 1. The van der Waals surface area contributed by atoms with Crippen LogP contribution < -0.4 is 5.32 Å². The molecule has 1 atom stereocenters. The molecule has 7 nitrogen and oxygen atoms in total. The molecule has 3 rings (SSSR count). The molecule has 0 saturated carbocycles. The first-order chi connectivity index (χ1) is 10.6. The Morgan fingerprint density at radius 1 is 1.50 bits per heavy atom. The third kappa shape index (κ3) is 3.02. The van der Waals surface area contributed by atoms with E-state index >= 15 is 0 Å². The summed E-state index contributed by atoms with van der Waals surface area (Å²) < 4.78 is 10.8. The lowest BCUT2D eigenvalue weighted by atomic mass is 10.1. The minimum Gasteiger partial charge on any atom is -0.467 e. The summed E-state index contributed by atoms with van der Waals surface area (Å²) in [4.78, 5) is 29.6. The number of rotatable bonds is 3. The number of amides is 2. The molecule has 1 fully saturated rings. The van der Waals surface area contributed by atoms with E-state index in [0.717, 1.165) is 0 Å². The van der Waals surface area contributed by atoms with Gasteiger partial charge in [-0.3, -0.25) is 9.59 Å². The van der Waals surface area contributed by atoms with E-state index in [4.69, 9.17) is 9.15 Å². The predicted octanol–water partition coefficient (Wildman–Crippen LogP) is 1.91. The maximum atomic E-state index is 12.7. The average Bonchev–Trinajstić information content (AvgIpc) is 3.17. The fourth-order valence-electron chi connectivity index (χ4n) is 2.29. The van der Waals surface area contributed by atoms with Gasteiger partial charge in [0.05, 0.1) is 19.5 Å². The Kier molecular flexibility index (Phi) is 4.21. The monoisotopic (exact) mass is 321 g/mol. The van der Waals surface area contributed by atoms with Gasteiger partial charge >= 0.3 is 0 Å². The number of carbonyl (C=O) groups excluding carboxylic acids is 2. The number of carbonyl (C=O) groups is 2. The second-order valence-corrected chi connectivity index (χ2v) is 5.68. The number of ether oxygens (including phenoxy) is 1. The summed E-state index contributed by atoms with van der Waals surface area (Å²) in [6, 6.07) is 3.34. The van der Waals surface area contributed by atoms with Crippen LogP contribution in [0.4, 0.5) is 5.13 Å². The number of morpholine rings is 1. The van der Waals surface area contributed by atoms with Gasteiger partial charge in [-0.15, -0.1) is 11.3 Å². The zero-order valence-electron chi connectivity index (χ0n) is 11.9. The molecule has 1 aliphatic heterocycles. The lowest BCUT2D eigenvalue weighted by molar-refractivity contribution is -0.114. The third-order valence-electron chi connectivity index (χ3n) is 3.27. The lowest BCUT2D eigenvalue weighted by Crippen LogP contribution is -2.43. The van der Waals surface area contributed by atoms with Crippen LogP contribution in [0.2, 0.25) is 0 Å². The molecule has 0 radical (unpaired) electrons. The highest BCUT2D eigenvalue weighted by atomic mass is 32.1. The van der Waals surface area contributed by atoms with Crippen molar-refractivity contribution in [3.63, 3.8) is 0 Å². The number of nitrogens with zero attached hydrogens (tertiary/aromatic N) is 2. The van der Waals surface area contributed by atoms with E-state index in [1.165, 1.54) is 18.3 Å². The van der Waals surface area contributed by atoms with Crippen LogP contribution in [-0.2, 0) is 9.53 Å². The van der Waals surface area contributed by atoms with E-state index in [2.05, 4.69) is 10.3 Å². The fourth-order valence-corrected chi connectivity index (χ4v) is 3.02. The first-order valence-electron chi connectivity index (χ1n) is 6.80. The quantitative estimate of drug-likeness (QED) is 0.933. The number of nitrogens with one attached hydrogen (secondary N) is 1. The Balaban J connectivity index is 1.80. The molecule has 116 valence electrons. The molecule has 3 heterocycles. The summed E-state index contributed by atoms with van der Waals surface area (Å²) in [5.41, 5.74) is 0.312. The van der Waals surface area contributed by atoms with Crippen LogP contribution in [0, 0.1) is 0 Å². The highest BCUT2D eigenvalue weighted by Gasteiger charge is 2.32. The summed E-state index contributed by atoms with van der Waals surface area (Å²) in [7, 11) is 0. The molecule has 2 amide bonds. The Hall–Kier alpha value is -2.19. The van der Waals surface area contributed by atoms with Crippen molar-refractivity contribution < 1.29 is 18.7 Å². The Labute approximate surface area is 130 Å². The summed E-state index contributed by atoms with van der Waals surface area (Å²) in [6.07, 6.45) is 1.57. The Bertz CT molecular complexity index is 667. The standard InChI is InChI=1S/C14H15N3O4S/c1-9(18)15-14-16-10(8-22-14)13(19)17-4-6-20-7-11(17)12-3-2-5-21-12/h2-3,5,8,11H,4,6-7H2,1H3,(H,15,16,18). The van der Waals surface area contributed by atoms with Crippen LogP contribution in [0.15, 0.2) is 28.2 Å². The number of aromatic nitrogens is 1. The lowest BCUT2D eigenvalue weighted by Gasteiger charge is -2.33. The summed E-state index contributed by atoms with van der Waals surface area (Å²) in [5.74, 6) is 0.274. The van der Waals surface area contributed by atoms with Crippen molar-refractivity contribution in [2.24, 2.45) is 0 Å². The van der Waals surface area contributed by atoms with E-state index in [0.29, 0.717) is 36.3 Å². The highest BCUT2D eigenvalue weighted by molar-refractivity contribution is 7.14. The largest absolute Gasteiger partial charge is 0.467 e. The average molecular weight is 321 g/mol.